The van der Waals surface area contributed by atoms with Crippen molar-refractivity contribution < 1.29 is 4.74 Å². The molecule has 2 rings (SSSR count). The van der Waals surface area contributed by atoms with Crippen molar-refractivity contribution in [3.63, 3.8) is 0 Å². The van der Waals surface area contributed by atoms with Crippen molar-refractivity contribution in [1.82, 2.24) is 10.3 Å². The number of hydrogen-bond donors (Lipinski definition) is 2. The number of hydrogen-bond acceptors (Lipinski definition) is 4. The Balaban J connectivity index is 2.08. The molecule has 102 valence electrons. The minimum Gasteiger partial charge on any atom is -0.497 e. The largest absolute Gasteiger partial charge is 0.497 e. The Kier molecular flexibility index (Phi) is 4.98. The van der Waals surface area contributed by atoms with E-state index in [1.54, 1.807) is 7.11 Å². The minimum atomic E-state index is 0.854. The standard InChI is InChI=1S/C15H21N3O/c1-3-7-16-9-10-18-15-14-11-13(19-2)5-4-12(14)6-8-17-15/h4-6,8,11,16H,3,7,9-10H2,1-2H3,(H,17,18). The van der Waals surface area contributed by atoms with Gasteiger partial charge in [-0.05, 0) is 36.6 Å². The van der Waals surface area contributed by atoms with Crippen LogP contribution in [0.5, 0.6) is 5.75 Å². The van der Waals surface area contributed by atoms with Gasteiger partial charge in [-0.2, -0.15) is 0 Å². The number of nitrogens with one attached hydrogen (secondary N) is 2. The third-order valence-corrected chi connectivity index (χ3v) is 2.99. The van der Waals surface area contributed by atoms with Gasteiger partial charge in [0.1, 0.15) is 11.6 Å². The molecule has 1 aromatic heterocycles. The molecule has 0 aliphatic heterocycles. The first-order valence-electron chi connectivity index (χ1n) is 6.72. The SMILES string of the molecule is CCCNCCNc1nccc2ccc(OC)cc12. The summed E-state index contributed by atoms with van der Waals surface area (Å²) in [6.07, 6.45) is 2.99. The van der Waals surface area contributed by atoms with Crippen LogP contribution < -0.4 is 15.4 Å². The lowest BCUT2D eigenvalue weighted by atomic mass is 10.1. The molecule has 0 saturated carbocycles. The Morgan fingerprint density at radius 3 is 2.84 bits per heavy atom. The minimum absolute atomic E-state index is 0.854. The van der Waals surface area contributed by atoms with Crippen molar-refractivity contribution >= 4 is 16.6 Å². The Morgan fingerprint density at radius 1 is 1.16 bits per heavy atom. The van der Waals surface area contributed by atoms with E-state index in [0.717, 1.165) is 43.0 Å². The van der Waals surface area contributed by atoms with Crippen LogP contribution in [0.15, 0.2) is 30.5 Å². The molecular weight excluding hydrogens is 238 g/mol. The molecule has 0 aliphatic carbocycles. The highest BCUT2D eigenvalue weighted by Gasteiger charge is 2.03. The second-order valence-electron chi connectivity index (χ2n) is 4.42. The zero-order valence-electron chi connectivity index (χ0n) is 11.6. The van der Waals surface area contributed by atoms with Gasteiger partial charge in [0, 0.05) is 24.7 Å². The van der Waals surface area contributed by atoms with Crippen LogP contribution in [0.25, 0.3) is 10.8 Å². The van der Waals surface area contributed by atoms with Crippen molar-refractivity contribution in [2.24, 2.45) is 0 Å². The highest BCUT2D eigenvalue weighted by molar-refractivity contribution is 5.92. The monoisotopic (exact) mass is 259 g/mol. The average Bonchev–Trinajstić information content (AvgIpc) is 2.46. The van der Waals surface area contributed by atoms with E-state index in [2.05, 4.69) is 28.6 Å². The van der Waals surface area contributed by atoms with Crippen LogP contribution in [-0.2, 0) is 0 Å². The normalized spacial score (nSPS) is 10.6. The van der Waals surface area contributed by atoms with E-state index in [4.69, 9.17) is 4.74 Å². The van der Waals surface area contributed by atoms with Crippen molar-refractivity contribution in [1.29, 1.82) is 0 Å². The lowest BCUT2D eigenvalue weighted by Gasteiger charge is -2.10. The van der Waals surface area contributed by atoms with Crippen molar-refractivity contribution in [3.05, 3.63) is 30.5 Å². The fraction of sp³-hybridized carbons (Fsp3) is 0.400. The number of ether oxygens (including phenoxy) is 1. The summed E-state index contributed by atoms with van der Waals surface area (Å²) in [5, 5.41) is 8.99. The van der Waals surface area contributed by atoms with E-state index >= 15 is 0 Å². The number of pyridine rings is 1. The number of anilines is 1. The number of benzene rings is 1. The first-order valence-corrected chi connectivity index (χ1v) is 6.72. The van der Waals surface area contributed by atoms with E-state index < -0.39 is 0 Å². The lowest BCUT2D eigenvalue weighted by molar-refractivity contribution is 0.415. The van der Waals surface area contributed by atoms with Crippen LogP contribution in [0.4, 0.5) is 5.82 Å². The average molecular weight is 259 g/mol. The van der Waals surface area contributed by atoms with E-state index in [0.29, 0.717) is 0 Å². The number of methoxy groups -OCH3 is 1. The maximum absolute atomic E-state index is 5.27. The molecular formula is C15H21N3O. The molecule has 0 fully saturated rings. The van der Waals surface area contributed by atoms with Crippen LogP contribution in [0.3, 0.4) is 0 Å². The molecule has 1 heterocycles. The van der Waals surface area contributed by atoms with E-state index in [-0.39, 0.29) is 0 Å². The van der Waals surface area contributed by atoms with Gasteiger partial charge in [0.15, 0.2) is 0 Å². The van der Waals surface area contributed by atoms with Gasteiger partial charge in [-0.3, -0.25) is 0 Å². The quantitative estimate of drug-likeness (QED) is 0.750. The second-order valence-corrected chi connectivity index (χ2v) is 4.42. The maximum Gasteiger partial charge on any atom is 0.133 e. The molecule has 0 unspecified atom stereocenters. The Labute approximate surface area is 114 Å². The molecule has 4 heteroatoms. The van der Waals surface area contributed by atoms with Gasteiger partial charge in [0.2, 0.25) is 0 Å². The molecule has 4 nitrogen and oxygen atoms in total. The summed E-state index contributed by atoms with van der Waals surface area (Å²) in [7, 11) is 1.68. The summed E-state index contributed by atoms with van der Waals surface area (Å²) in [6, 6.07) is 8.05. The predicted octanol–water partition coefficient (Wildman–Crippen LogP) is 2.65. The summed E-state index contributed by atoms with van der Waals surface area (Å²) < 4.78 is 5.27. The molecule has 0 amide bonds. The van der Waals surface area contributed by atoms with Gasteiger partial charge in [-0.15, -0.1) is 0 Å². The first kappa shape index (κ1) is 13.6. The van der Waals surface area contributed by atoms with Gasteiger partial charge in [-0.1, -0.05) is 13.0 Å². The third-order valence-electron chi connectivity index (χ3n) is 2.99. The van der Waals surface area contributed by atoms with Gasteiger partial charge in [0.05, 0.1) is 7.11 Å². The van der Waals surface area contributed by atoms with Crippen LogP contribution in [0.1, 0.15) is 13.3 Å². The molecule has 0 spiro atoms. The number of fused-ring (bicyclic) bond motifs is 1. The van der Waals surface area contributed by atoms with Crippen LogP contribution in [0, 0.1) is 0 Å². The highest BCUT2D eigenvalue weighted by atomic mass is 16.5. The lowest BCUT2D eigenvalue weighted by Crippen LogP contribution is -2.23. The van der Waals surface area contributed by atoms with Gasteiger partial charge in [0.25, 0.3) is 0 Å². The van der Waals surface area contributed by atoms with Crippen molar-refractivity contribution in [3.8, 4) is 5.75 Å². The van der Waals surface area contributed by atoms with E-state index in [1.807, 2.05) is 24.4 Å². The summed E-state index contributed by atoms with van der Waals surface area (Å²) >= 11 is 0. The Hall–Kier alpha value is -1.81. The topological polar surface area (TPSA) is 46.2 Å². The predicted molar refractivity (Wildman–Crippen MR) is 79.9 cm³/mol. The van der Waals surface area contributed by atoms with Gasteiger partial charge < -0.3 is 15.4 Å². The van der Waals surface area contributed by atoms with Gasteiger partial charge in [-0.25, -0.2) is 4.98 Å². The van der Waals surface area contributed by atoms with E-state index in [9.17, 15) is 0 Å². The molecule has 0 atom stereocenters. The summed E-state index contributed by atoms with van der Waals surface area (Å²) in [4.78, 5) is 4.41. The summed E-state index contributed by atoms with van der Waals surface area (Å²) in [5.74, 6) is 1.77. The second kappa shape index (κ2) is 6.95. The van der Waals surface area contributed by atoms with Crippen molar-refractivity contribution in [2.75, 3.05) is 32.1 Å². The van der Waals surface area contributed by atoms with E-state index in [1.165, 1.54) is 5.39 Å². The summed E-state index contributed by atoms with van der Waals surface area (Å²) in [5.41, 5.74) is 0. The van der Waals surface area contributed by atoms with Crippen LogP contribution in [0.2, 0.25) is 0 Å². The highest BCUT2D eigenvalue weighted by Crippen LogP contribution is 2.25. The Bertz CT molecular complexity index is 528. The first-order chi connectivity index (χ1) is 9.35. The molecule has 0 aliphatic rings. The number of aromatic nitrogens is 1. The fourth-order valence-corrected chi connectivity index (χ4v) is 1.99. The number of rotatable bonds is 7. The third kappa shape index (κ3) is 3.58. The molecule has 0 bridgehead atoms. The van der Waals surface area contributed by atoms with Gasteiger partial charge >= 0.3 is 0 Å². The molecule has 0 radical (unpaired) electrons. The zero-order valence-corrected chi connectivity index (χ0v) is 11.6. The smallest absolute Gasteiger partial charge is 0.133 e. The summed E-state index contributed by atoms with van der Waals surface area (Å²) in [6.45, 7) is 5.02. The molecule has 2 aromatic rings. The molecule has 0 saturated heterocycles. The van der Waals surface area contributed by atoms with Crippen LogP contribution >= 0.6 is 0 Å². The molecule has 2 N–H and O–H groups in total. The Morgan fingerprint density at radius 2 is 2.05 bits per heavy atom. The van der Waals surface area contributed by atoms with Crippen LogP contribution in [-0.4, -0.2) is 31.7 Å². The van der Waals surface area contributed by atoms with Crippen molar-refractivity contribution in [2.45, 2.75) is 13.3 Å². The molecule has 1 aromatic carbocycles. The number of nitrogens with zero attached hydrogens (tertiary/aromatic N) is 1. The maximum atomic E-state index is 5.27. The molecule has 19 heavy (non-hydrogen) atoms. The zero-order chi connectivity index (χ0) is 13.5. The fourth-order valence-electron chi connectivity index (χ4n) is 1.99.